The molecule has 2 heterocycles. The maximum Gasteiger partial charge on any atom is 0.323 e. The number of carbonyl (C=O) groups is 1. The van der Waals surface area contributed by atoms with Crippen LogP contribution in [0.25, 0.3) is 0 Å². The van der Waals surface area contributed by atoms with Crippen molar-refractivity contribution in [3.8, 4) is 0 Å². The first-order valence-corrected chi connectivity index (χ1v) is 8.22. The molecule has 0 amide bonds. The zero-order valence-corrected chi connectivity index (χ0v) is 14.0. The molecular formula is C14H20BrNO2S. The van der Waals surface area contributed by atoms with Gasteiger partial charge in [0.15, 0.2) is 0 Å². The molecule has 0 aliphatic carbocycles. The van der Waals surface area contributed by atoms with Crippen molar-refractivity contribution >= 4 is 33.2 Å². The van der Waals surface area contributed by atoms with Crippen molar-refractivity contribution in [3.05, 3.63) is 20.8 Å². The van der Waals surface area contributed by atoms with E-state index in [-0.39, 0.29) is 12.0 Å². The summed E-state index contributed by atoms with van der Waals surface area (Å²) in [6, 6.07) is 2.04. The predicted octanol–water partition coefficient (Wildman–Crippen LogP) is 3.82. The van der Waals surface area contributed by atoms with Crippen LogP contribution in [-0.2, 0) is 16.1 Å². The minimum Gasteiger partial charge on any atom is -0.459 e. The van der Waals surface area contributed by atoms with Crippen LogP contribution < -0.4 is 0 Å². The monoisotopic (exact) mass is 345 g/mol. The number of carbonyl (C=O) groups excluding carboxylic acids is 1. The SMILES string of the molecule is CC(C)(C)OC(=O)[C@H]1CCCN1Cc1cc(Br)cs1. The zero-order valence-electron chi connectivity index (χ0n) is 11.6. The highest BCUT2D eigenvalue weighted by molar-refractivity contribution is 9.10. The second-order valence-corrected chi connectivity index (χ2v) is 7.80. The van der Waals surface area contributed by atoms with Crippen molar-refractivity contribution in [1.82, 2.24) is 4.90 Å². The fourth-order valence-corrected chi connectivity index (χ4v) is 3.76. The molecule has 1 aliphatic rings. The lowest BCUT2D eigenvalue weighted by atomic mass is 10.1. The van der Waals surface area contributed by atoms with Gasteiger partial charge in [0.1, 0.15) is 11.6 Å². The Kier molecular flexibility index (Phi) is 4.69. The molecule has 5 heteroatoms. The Balaban J connectivity index is 1.98. The summed E-state index contributed by atoms with van der Waals surface area (Å²) >= 11 is 5.19. The van der Waals surface area contributed by atoms with E-state index in [4.69, 9.17) is 4.74 Å². The van der Waals surface area contributed by atoms with Gasteiger partial charge in [0.25, 0.3) is 0 Å². The third-order valence-electron chi connectivity index (χ3n) is 3.02. The molecule has 0 aromatic carbocycles. The molecule has 0 N–H and O–H groups in total. The average molecular weight is 346 g/mol. The van der Waals surface area contributed by atoms with Gasteiger partial charge in [-0.15, -0.1) is 11.3 Å². The van der Waals surface area contributed by atoms with E-state index in [9.17, 15) is 4.79 Å². The number of hydrogen-bond donors (Lipinski definition) is 0. The molecule has 2 rings (SSSR count). The molecule has 1 saturated heterocycles. The zero-order chi connectivity index (χ0) is 14.0. The summed E-state index contributed by atoms with van der Waals surface area (Å²) in [4.78, 5) is 15.7. The molecule has 1 fully saturated rings. The molecule has 1 atom stereocenters. The fourth-order valence-electron chi connectivity index (χ4n) is 2.29. The molecule has 1 aromatic heterocycles. The van der Waals surface area contributed by atoms with Crippen molar-refractivity contribution in [2.75, 3.05) is 6.54 Å². The predicted molar refractivity (Wildman–Crippen MR) is 81.3 cm³/mol. The van der Waals surface area contributed by atoms with Crippen LogP contribution in [0, 0.1) is 0 Å². The van der Waals surface area contributed by atoms with Crippen LogP contribution in [0.3, 0.4) is 0 Å². The van der Waals surface area contributed by atoms with E-state index in [2.05, 4.69) is 32.3 Å². The molecule has 0 radical (unpaired) electrons. The number of thiophene rings is 1. The summed E-state index contributed by atoms with van der Waals surface area (Å²) in [5.41, 5.74) is -0.405. The highest BCUT2D eigenvalue weighted by Crippen LogP contribution is 2.26. The first-order valence-electron chi connectivity index (χ1n) is 6.55. The van der Waals surface area contributed by atoms with E-state index in [0.717, 1.165) is 30.4 Å². The largest absolute Gasteiger partial charge is 0.459 e. The van der Waals surface area contributed by atoms with Gasteiger partial charge in [0.05, 0.1) is 0 Å². The first kappa shape index (κ1) is 15.0. The first-order chi connectivity index (χ1) is 8.85. The van der Waals surface area contributed by atoms with E-state index >= 15 is 0 Å². The van der Waals surface area contributed by atoms with Gasteiger partial charge in [-0.1, -0.05) is 0 Å². The molecular weight excluding hydrogens is 326 g/mol. The Morgan fingerprint density at radius 3 is 2.89 bits per heavy atom. The molecule has 0 unspecified atom stereocenters. The van der Waals surface area contributed by atoms with Gasteiger partial charge >= 0.3 is 5.97 Å². The van der Waals surface area contributed by atoms with E-state index in [1.165, 1.54) is 4.88 Å². The Labute approximate surface area is 127 Å². The van der Waals surface area contributed by atoms with E-state index in [1.54, 1.807) is 11.3 Å². The molecule has 106 valence electrons. The van der Waals surface area contributed by atoms with Crippen LogP contribution in [0.15, 0.2) is 15.9 Å². The second-order valence-electron chi connectivity index (χ2n) is 5.89. The van der Waals surface area contributed by atoms with Crippen molar-refractivity contribution in [2.45, 2.75) is 51.8 Å². The van der Waals surface area contributed by atoms with E-state index < -0.39 is 5.60 Å². The number of halogens is 1. The van der Waals surface area contributed by atoms with Gasteiger partial charge in [-0.2, -0.15) is 0 Å². The Morgan fingerprint density at radius 2 is 2.32 bits per heavy atom. The summed E-state index contributed by atoms with van der Waals surface area (Å²) in [5.74, 6) is -0.0828. The molecule has 19 heavy (non-hydrogen) atoms. The van der Waals surface area contributed by atoms with Crippen LogP contribution in [0.5, 0.6) is 0 Å². The lowest BCUT2D eigenvalue weighted by Gasteiger charge is -2.27. The average Bonchev–Trinajstić information content (AvgIpc) is 2.86. The van der Waals surface area contributed by atoms with Gasteiger partial charge in [0, 0.05) is 21.3 Å². The van der Waals surface area contributed by atoms with Crippen LogP contribution in [0.1, 0.15) is 38.5 Å². The molecule has 0 spiro atoms. The van der Waals surface area contributed by atoms with Crippen molar-refractivity contribution < 1.29 is 9.53 Å². The summed E-state index contributed by atoms with van der Waals surface area (Å²) < 4.78 is 6.62. The minimum atomic E-state index is -0.405. The molecule has 0 bridgehead atoms. The highest BCUT2D eigenvalue weighted by Gasteiger charge is 2.34. The van der Waals surface area contributed by atoms with Crippen LogP contribution in [-0.4, -0.2) is 29.1 Å². The van der Waals surface area contributed by atoms with Crippen LogP contribution in [0.4, 0.5) is 0 Å². The number of rotatable bonds is 3. The maximum absolute atomic E-state index is 12.2. The standard InChI is InChI=1S/C14H20BrNO2S/c1-14(2,3)18-13(17)12-5-4-6-16(12)8-11-7-10(15)9-19-11/h7,9,12H,4-6,8H2,1-3H3/t12-/m1/s1. The van der Waals surface area contributed by atoms with Gasteiger partial charge in [-0.3, -0.25) is 9.69 Å². The van der Waals surface area contributed by atoms with Crippen molar-refractivity contribution in [3.63, 3.8) is 0 Å². The normalized spacial score (nSPS) is 20.7. The summed E-state index contributed by atoms with van der Waals surface area (Å²) in [5, 5.41) is 2.08. The Morgan fingerprint density at radius 1 is 1.58 bits per heavy atom. The number of ether oxygens (including phenoxy) is 1. The molecule has 0 saturated carbocycles. The summed E-state index contributed by atoms with van der Waals surface area (Å²) in [7, 11) is 0. The topological polar surface area (TPSA) is 29.5 Å². The van der Waals surface area contributed by atoms with E-state index in [1.807, 2.05) is 20.8 Å². The third kappa shape index (κ3) is 4.29. The Bertz CT molecular complexity index is 453. The fraction of sp³-hybridized carbons (Fsp3) is 0.643. The van der Waals surface area contributed by atoms with Crippen LogP contribution >= 0.6 is 27.3 Å². The van der Waals surface area contributed by atoms with Gasteiger partial charge in [0.2, 0.25) is 0 Å². The Hall–Kier alpha value is -0.390. The van der Waals surface area contributed by atoms with Gasteiger partial charge in [-0.05, 0) is 62.2 Å². The lowest BCUT2D eigenvalue weighted by Crippen LogP contribution is -2.39. The number of nitrogens with zero attached hydrogens (tertiary/aromatic N) is 1. The number of likely N-dealkylation sites (tertiary alicyclic amines) is 1. The van der Waals surface area contributed by atoms with Gasteiger partial charge in [-0.25, -0.2) is 0 Å². The molecule has 3 nitrogen and oxygen atoms in total. The van der Waals surface area contributed by atoms with E-state index in [0.29, 0.717) is 0 Å². The smallest absolute Gasteiger partial charge is 0.323 e. The lowest BCUT2D eigenvalue weighted by molar-refractivity contribution is -0.160. The highest BCUT2D eigenvalue weighted by atomic mass is 79.9. The summed E-state index contributed by atoms with van der Waals surface area (Å²) in [6.07, 6.45) is 1.97. The minimum absolute atomic E-state index is 0.0828. The molecule has 1 aliphatic heterocycles. The number of esters is 1. The number of hydrogen-bond acceptors (Lipinski definition) is 4. The summed E-state index contributed by atoms with van der Waals surface area (Å²) in [6.45, 7) is 7.56. The second kappa shape index (κ2) is 5.94. The quantitative estimate of drug-likeness (QED) is 0.780. The van der Waals surface area contributed by atoms with Crippen LogP contribution in [0.2, 0.25) is 0 Å². The van der Waals surface area contributed by atoms with Gasteiger partial charge < -0.3 is 4.74 Å². The van der Waals surface area contributed by atoms with Crippen molar-refractivity contribution in [2.24, 2.45) is 0 Å². The maximum atomic E-state index is 12.2. The molecule has 1 aromatic rings. The van der Waals surface area contributed by atoms with Crippen molar-refractivity contribution in [1.29, 1.82) is 0 Å². The third-order valence-corrected chi connectivity index (χ3v) is 4.71.